The predicted octanol–water partition coefficient (Wildman–Crippen LogP) is 2.04. The Morgan fingerprint density at radius 3 is 2.57 bits per heavy atom. The van der Waals surface area contributed by atoms with Crippen LogP contribution in [0.15, 0.2) is 30.5 Å². The minimum absolute atomic E-state index is 0.0365. The van der Waals surface area contributed by atoms with Crippen molar-refractivity contribution >= 4 is 5.91 Å². The lowest BCUT2D eigenvalue weighted by atomic mass is 10.0. The number of amides is 1. The van der Waals surface area contributed by atoms with Crippen LogP contribution >= 0.6 is 0 Å². The summed E-state index contributed by atoms with van der Waals surface area (Å²) < 4.78 is 1.51. The quantitative estimate of drug-likeness (QED) is 0.683. The van der Waals surface area contributed by atoms with Crippen LogP contribution in [0.2, 0.25) is 0 Å². The first-order valence-electron chi connectivity index (χ1n) is 7.90. The lowest BCUT2D eigenvalue weighted by Gasteiger charge is -2.06. The van der Waals surface area contributed by atoms with E-state index in [-0.39, 0.29) is 17.4 Å². The normalized spacial score (nSPS) is 11.0. The van der Waals surface area contributed by atoms with Crippen LogP contribution in [0.25, 0.3) is 5.69 Å². The maximum atomic E-state index is 12.0. The molecule has 23 heavy (non-hydrogen) atoms. The zero-order valence-electron chi connectivity index (χ0n) is 13.8. The maximum absolute atomic E-state index is 12.0. The van der Waals surface area contributed by atoms with Gasteiger partial charge in [-0.15, -0.1) is 0 Å². The number of rotatable bonds is 7. The molecule has 0 aliphatic rings. The number of carbonyl (C=O) groups excluding carboxylic acids is 1. The molecule has 124 valence electrons. The summed E-state index contributed by atoms with van der Waals surface area (Å²) in [6, 6.07) is 7.90. The van der Waals surface area contributed by atoms with Crippen molar-refractivity contribution in [3.63, 3.8) is 0 Å². The molecule has 0 spiro atoms. The van der Waals surface area contributed by atoms with E-state index in [1.165, 1.54) is 16.4 Å². The van der Waals surface area contributed by atoms with Crippen LogP contribution in [-0.4, -0.2) is 40.4 Å². The molecule has 1 aromatic heterocycles. The summed E-state index contributed by atoms with van der Waals surface area (Å²) >= 11 is 0. The molecule has 0 bridgehead atoms. The van der Waals surface area contributed by atoms with E-state index in [2.05, 4.69) is 29.6 Å². The maximum Gasteiger partial charge on any atom is 0.275 e. The summed E-state index contributed by atoms with van der Waals surface area (Å²) in [5.74, 6) is -0.0509. The lowest BCUT2D eigenvalue weighted by Crippen LogP contribution is -2.32. The van der Waals surface area contributed by atoms with E-state index in [9.17, 15) is 9.90 Å². The van der Waals surface area contributed by atoms with Gasteiger partial charge in [-0.1, -0.05) is 32.9 Å². The van der Waals surface area contributed by atoms with Crippen LogP contribution in [0.1, 0.15) is 42.7 Å². The van der Waals surface area contributed by atoms with Crippen LogP contribution in [-0.2, 0) is 0 Å². The van der Waals surface area contributed by atoms with E-state index in [1.54, 1.807) is 0 Å². The molecule has 6 heteroatoms. The van der Waals surface area contributed by atoms with Gasteiger partial charge in [0, 0.05) is 13.1 Å². The summed E-state index contributed by atoms with van der Waals surface area (Å²) in [5, 5.41) is 20.0. The van der Waals surface area contributed by atoms with E-state index >= 15 is 0 Å². The standard InChI is InChI=1S/C17H24N4O2/c1-4-18-9-10-19-17(23)16-15(22)11-21(20-16)14-7-5-13(6-8-14)12(2)3/h5-8,11-12,18,22H,4,9-10H2,1-3H3,(H,19,23). The van der Waals surface area contributed by atoms with Gasteiger partial charge in [0.1, 0.15) is 0 Å². The van der Waals surface area contributed by atoms with Gasteiger partial charge in [-0.25, -0.2) is 4.68 Å². The second kappa shape index (κ2) is 7.78. The zero-order valence-corrected chi connectivity index (χ0v) is 13.8. The molecule has 1 aromatic carbocycles. The number of likely N-dealkylation sites (N-methyl/N-ethyl adjacent to an activating group) is 1. The Hall–Kier alpha value is -2.34. The fraction of sp³-hybridized carbons (Fsp3) is 0.412. The Labute approximate surface area is 136 Å². The third-order valence-electron chi connectivity index (χ3n) is 3.57. The summed E-state index contributed by atoms with van der Waals surface area (Å²) in [6.45, 7) is 8.28. The van der Waals surface area contributed by atoms with E-state index in [4.69, 9.17) is 0 Å². The molecule has 0 saturated heterocycles. The minimum Gasteiger partial charge on any atom is -0.504 e. The van der Waals surface area contributed by atoms with Crippen LogP contribution in [0, 0.1) is 0 Å². The number of hydrogen-bond donors (Lipinski definition) is 3. The Kier molecular flexibility index (Phi) is 5.76. The molecule has 2 aromatic rings. The third-order valence-corrected chi connectivity index (χ3v) is 3.57. The molecule has 0 aliphatic heterocycles. The molecule has 0 fully saturated rings. The molecule has 0 aliphatic carbocycles. The average Bonchev–Trinajstić information content (AvgIpc) is 2.93. The molecule has 0 atom stereocenters. The number of aromatic nitrogens is 2. The van der Waals surface area contributed by atoms with Gasteiger partial charge in [-0.3, -0.25) is 4.79 Å². The topological polar surface area (TPSA) is 79.2 Å². The van der Waals surface area contributed by atoms with Gasteiger partial charge in [-0.05, 0) is 30.2 Å². The highest BCUT2D eigenvalue weighted by atomic mass is 16.3. The highest BCUT2D eigenvalue weighted by Crippen LogP contribution is 2.20. The van der Waals surface area contributed by atoms with Crippen LogP contribution in [0.5, 0.6) is 5.75 Å². The second-order valence-corrected chi connectivity index (χ2v) is 5.66. The van der Waals surface area contributed by atoms with Crippen molar-refractivity contribution in [2.45, 2.75) is 26.7 Å². The van der Waals surface area contributed by atoms with Crippen molar-refractivity contribution in [3.8, 4) is 11.4 Å². The molecule has 0 radical (unpaired) electrons. The highest BCUT2D eigenvalue weighted by Gasteiger charge is 2.16. The first-order valence-corrected chi connectivity index (χ1v) is 7.90. The molecular formula is C17H24N4O2. The Balaban J connectivity index is 2.09. The predicted molar refractivity (Wildman–Crippen MR) is 90.2 cm³/mol. The first-order chi connectivity index (χ1) is 11.0. The smallest absolute Gasteiger partial charge is 0.275 e. The van der Waals surface area contributed by atoms with Crippen molar-refractivity contribution < 1.29 is 9.90 Å². The second-order valence-electron chi connectivity index (χ2n) is 5.66. The number of hydrogen-bond acceptors (Lipinski definition) is 4. The van der Waals surface area contributed by atoms with Gasteiger partial charge in [-0.2, -0.15) is 5.10 Å². The van der Waals surface area contributed by atoms with Gasteiger partial charge < -0.3 is 15.7 Å². The number of carbonyl (C=O) groups is 1. The number of nitrogens with zero attached hydrogens (tertiary/aromatic N) is 2. The largest absolute Gasteiger partial charge is 0.504 e. The SMILES string of the molecule is CCNCCNC(=O)c1nn(-c2ccc(C(C)C)cc2)cc1O. The summed E-state index contributed by atoms with van der Waals surface area (Å²) in [6.07, 6.45) is 1.45. The van der Waals surface area contributed by atoms with Gasteiger partial charge in [0.25, 0.3) is 5.91 Å². The molecule has 3 N–H and O–H groups in total. The van der Waals surface area contributed by atoms with E-state index in [0.29, 0.717) is 19.0 Å². The molecule has 6 nitrogen and oxygen atoms in total. The Morgan fingerprint density at radius 1 is 1.26 bits per heavy atom. The average molecular weight is 316 g/mol. The molecule has 1 heterocycles. The molecule has 1 amide bonds. The first kappa shape index (κ1) is 17.0. The van der Waals surface area contributed by atoms with Crippen LogP contribution < -0.4 is 10.6 Å². The van der Waals surface area contributed by atoms with Crippen LogP contribution in [0.3, 0.4) is 0 Å². The van der Waals surface area contributed by atoms with E-state index < -0.39 is 0 Å². The van der Waals surface area contributed by atoms with Gasteiger partial charge in [0.15, 0.2) is 11.4 Å². The fourth-order valence-electron chi connectivity index (χ4n) is 2.20. The summed E-state index contributed by atoms with van der Waals surface area (Å²) in [5.41, 5.74) is 2.07. The number of benzene rings is 1. The monoisotopic (exact) mass is 316 g/mol. The number of nitrogens with one attached hydrogen (secondary N) is 2. The molecule has 0 saturated carbocycles. The van der Waals surface area contributed by atoms with E-state index in [1.807, 2.05) is 31.2 Å². The van der Waals surface area contributed by atoms with Gasteiger partial charge in [0.2, 0.25) is 0 Å². The summed E-state index contributed by atoms with van der Waals surface area (Å²) in [4.78, 5) is 12.0. The lowest BCUT2D eigenvalue weighted by molar-refractivity contribution is 0.0946. The number of aromatic hydroxyl groups is 1. The van der Waals surface area contributed by atoms with Crippen molar-refractivity contribution in [1.82, 2.24) is 20.4 Å². The van der Waals surface area contributed by atoms with Crippen LogP contribution in [0.4, 0.5) is 0 Å². The molecule has 0 unspecified atom stereocenters. The molecule has 2 rings (SSSR count). The Morgan fingerprint density at radius 2 is 1.96 bits per heavy atom. The highest BCUT2D eigenvalue weighted by molar-refractivity contribution is 5.94. The van der Waals surface area contributed by atoms with E-state index in [0.717, 1.165) is 12.2 Å². The zero-order chi connectivity index (χ0) is 16.8. The summed E-state index contributed by atoms with van der Waals surface area (Å²) in [7, 11) is 0. The van der Waals surface area contributed by atoms with Gasteiger partial charge >= 0.3 is 0 Å². The third kappa shape index (κ3) is 4.32. The molecular weight excluding hydrogens is 292 g/mol. The van der Waals surface area contributed by atoms with Gasteiger partial charge in [0.05, 0.1) is 11.9 Å². The Bertz CT molecular complexity index is 647. The van der Waals surface area contributed by atoms with Crippen molar-refractivity contribution in [3.05, 3.63) is 41.7 Å². The minimum atomic E-state index is -0.377. The fourth-order valence-corrected chi connectivity index (χ4v) is 2.20. The van der Waals surface area contributed by atoms with Crippen molar-refractivity contribution in [2.75, 3.05) is 19.6 Å². The van der Waals surface area contributed by atoms with Crippen molar-refractivity contribution in [2.24, 2.45) is 0 Å². The van der Waals surface area contributed by atoms with Crippen molar-refractivity contribution in [1.29, 1.82) is 0 Å².